The van der Waals surface area contributed by atoms with E-state index in [1.54, 1.807) is 48.5 Å². The summed E-state index contributed by atoms with van der Waals surface area (Å²) in [5, 5.41) is 0. The standard InChI is InChI=1S/C22H24O7/c1-26-18-12-8-11-15(20(18)27-2)16(19(21(24)28-3)22(25)29-4)13-17(23)14-9-6-5-7-10-14/h5-12,16,19H,13H2,1-4H3. The van der Waals surface area contributed by atoms with Gasteiger partial charge in [0.25, 0.3) is 0 Å². The molecule has 7 heteroatoms. The summed E-state index contributed by atoms with van der Waals surface area (Å²) in [5.74, 6) is -3.32. The summed E-state index contributed by atoms with van der Waals surface area (Å²) in [4.78, 5) is 37.9. The number of ketones is 1. The molecule has 0 bridgehead atoms. The van der Waals surface area contributed by atoms with Gasteiger partial charge in [-0.05, 0) is 6.07 Å². The highest BCUT2D eigenvalue weighted by Crippen LogP contribution is 2.41. The normalized spacial score (nSPS) is 11.5. The average Bonchev–Trinajstić information content (AvgIpc) is 2.77. The molecule has 0 radical (unpaired) electrons. The minimum Gasteiger partial charge on any atom is -0.493 e. The maximum absolute atomic E-state index is 12.9. The van der Waals surface area contributed by atoms with E-state index in [9.17, 15) is 14.4 Å². The lowest BCUT2D eigenvalue weighted by Crippen LogP contribution is -2.33. The molecule has 154 valence electrons. The predicted molar refractivity (Wildman–Crippen MR) is 105 cm³/mol. The second-order valence-electron chi connectivity index (χ2n) is 6.21. The van der Waals surface area contributed by atoms with E-state index in [-0.39, 0.29) is 12.2 Å². The highest BCUT2D eigenvalue weighted by atomic mass is 16.5. The monoisotopic (exact) mass is 400 g/mol. The van der Waals surface area contributed by atoms with Crippen molar-refractivity contribution in [2.24, 2.45) is 5.92 Å². The highest BCUT2D eigenvalue weighted by Gasteiger charge is 2.40. The van der Waals surface area contributed by atoms with Crippen molar-refractivity contribution in [2.45, 2.75) is 12.3 Å². The fourth-order valence-electron chi connectivity index (χ4n) is 3.23. The van der Waals surface area contributed by atoms with Gasteiger partial charge < -0.3 is 18.9 Å². The summed E-state index contributed by atoms with van der Waals surface area (Å²) < 4.78 is 20.5. The van der Waals surface area contributed by atoms with Crippen LogP contribution in [0.2, 0.25) is 0 Å². The molecule has 0 aromatic heterocycles. The minimum absolute atomic E-state index is 0.137. The van der Waals surface area contributed by atoms with Gasteiger partial charge in [-0.1, -0.05) is 42.5 Å². The van der Waals surface area contributed by atoms with Gasteiger partial charge in [0.05, 0.1) is 28.4 Å². The molecule has 2 rings (SSSR count). The SMILES string of the molecule is COC(=O)C(C(=O)OC)C(CC(=O)c1ccccc1)c1cccc(OC)c1OC. The van der Waals surface area contributed by atoms with Crippen LogP contribution in [0.5, 0.6) is 11.5 Å². The number of Topliss-reactive ketones (excluding diaryl/α,β-unsaturated/α-hetero) is 1. The molecule has 1 unspecified atom stereocenters. The van der Waals surface area contributed by atoms with Gasteiger partial charge in [-0.2, -0.15) is 0 Å². The lowest BCUT2D eigenvalue weighted by Gasteiger charge is -2.25. The molecular weight excluding hydrogens is 376 g/mol. The van der Waals surface area contributed by atoms with Crippen LogP contribution in [0.25, 0.3) is 0 Å². The van der Waals surface area contributed by atoms with Gasteiger partial charge in [0, 0.05) is 23.5 Å². The van der Waals surface area contributed by atoms with Crippen molar-refractivity contribution in [2.75, 3.05) is 28.4 Å². The Morgan fingerprint density at radius 1 is 0.793 bits per heavy atom. The van der Waals surface area contributed by atoms with Crippen LogP contribution in [-0.4, -0.2) is 46.2 Å². The Morgan fingerprint density at radius 2 is 1.41 bits per heavy atom. The molecule has 1 atom stereocenters. The van der Waals surface area contributed by atoms with Crippen LogP contribution in [0.15, 0.2) is 48.5 Å². The second kappa shape index (κ2) is 10.3. The molecule has 0 aliphatic heterocycles. The van der Waals surface area contributed by atoms with E-state index >= 15 is 0 Å². The first-order valence-electron chi connectivity index (χ1n) is 8.93. The topological polar surface area (TPSA) is 88.1 Å². The van der Waals surface area contributed by atoms with Crippen molar-refractivity contribution < 1.29 is 33.3 Å². The smallest absolute Gasteiger partial charge is 0.320 e. The van der Waals surface area contributed by atoms with E-state index < -0.39 is 23.8 Å². The lowest BCUT2D eigenvalue weighted by atomic mass is 9.80. The van der Waals surface area contributed by atoms with Gasteiger partial charge in [0.1, 0.15) is 0 Å². The zero-order valence-corrected chi connectivity index (χ0v) is 16.8. The van der Waals surface area contributed by atoms with Crippen LogP contribution in [0.1, 0.15) is 28.3 Å². The van der Waals surface area contributed by atoms with Crippen LogP contribution in [-0.2, 0) is 19.1 Å². The largest absolute Gasteiger partial charge is 0.493 e. The Labute approximate surface area is 169 Å². The molecule has 0 fully saturated rings. The lowest BCUT2D eigenvalue weighted by molar-refractivity contribution is -0.159. The van der Waals surface area contributed by atoms with Crippen molar-refractivity contribution in [1.82, 2.24) is 0 Å². The summed E-state index contributed by atoms with van der Waals surface area (Å²) in [5.41, 5.74) is 0.935. The molecule has 29 heavy (non-hydrogen) atoms. The molecule has 0 saturated carbocycles. The van der Waals surface area contributed by atoms with E-state index in [1.807, 2.05) is 0 Å². The third-order valence-electron chi connectivity index (χ3n) is 4.65. The van der Waals surface area contributed by atoms with Gasteiger partial charge >= 0.3 is 11.9 Å². The number of ether oxygens (including phenoxy) is 4. The Balaban J connectivity index is 2.60. The average molecular weight is 400 g/mol. The summed E-state index contributed by atoms with van der Waals surface area (Å²) in [6, 6.07) is 13.7. The minimum atomic E-state index is -1.35. The first-order chi connectivity index (χ1) is 14.0. The number of carbonyl (C=O) groups excluding carboxylic acids is 3. The quantitative estimate of drug-likeness (QED) is 0.363. The third-order valence-corrected chi connectivity index (χ3v) is 4.65. The number of esters is 2. The molecule has 0 aliphatic rings. The summed E-state index contributed by atoms with van der Waals surface area (Å²) in [6.45, 7) is 0. The highest BCUT2D eigenvalue weighted by molar-refractivity contribution is 6.00. The van der Waals surface area contributed by atoms with Crippen molar-refractivity contribution in [1.29, 1.82) is 0 Å². The number of hydrogen-bond donors (Lipinski definition) is 0. The molecule has 0 heterocycles. The van der Waals surface area contributed by atoms with Crippen LogP contribution in [0.3, 0.4) is 0 Å². The van der Waals surface area contributed by atoms with Gasteiger partial charge in [-0.3, -0.25) is 14.4 Å². The van der Waals surface area contributed by atoms with Gasteiger partial charge in [-0.15, -0.1) is 0 Å². The molecular formula is C22H24O7. The van der Waals surface area contributed by atoms with E-state index in [2.05, 4.69) is 0 Å². The van der Waals surface area contributed by atoms with Crippen LogP contribution in [0, 0.1) is 5.92 Å². The Hall–Kier alpha value is -3.35. The summed E-state index contributed by atoms with van der Waals surface area (Å²) >= 11 is 0. The molecule has 0 saturated heterocycles. The Kier molecular flexibility index (Phi) is 7.77. The van der Waals surface area contributed by atoms with Gasteiger partial charge in [0.15, 0.2) is 23.2 Å². The molecule has 2 aromatic carbocycles. The van der Waals surface area contributed by atoms with E-state index in [4.69, 9.17) is 18.9 Å². The number of para-hydroxylation sites is 1. The van der Waals surface area contributed by atoms with E-state index in [0.717, 1.165) is 0 Å². The molecule has 2 aromatic rings. The number of rotatable bonds is 9. The molecule has 0 spiro atoms. The van der Waals surface area contributed by atoms with Crippen LogP contribution >= 0.6 is 0 Å². The van der Waals surface area contributed by atoms with Gasteiger partial charge in [-0.25, -0.2) is 0 Å². The van der Waals surface area contributed by atoms with Crippen molar-refractivity contribution in [3.63, 3.8) is 0 Å². The predicted octanol–water partition coefficient (Wildman–Crippen LogP) is 3.02. The van der Waals surface area contributed by atoms with Gasteiger partial charge in [0.2, 0.25) is 0 Å². The Morgan fingerprint density at radius 3 is 1.93 bits per heavy atom. The first-order valence-corrected chi connectivity index (χ1v) is 8.93. The summed E-state index contributed by atoms with van der Waals surface area (Å²) in [6.07, 6.45) is -0.137. The molecule has 0 amide bonds. The van der Waals surface area contributed by atoms with Crippen molar-refractivity contribution in [3.8, 4) is 11.5 Å². The number of hydrogen-bond acceptors (Lipinski definition) is 7. The number of methoxy groups -OCH3 is 4. The third kappa shape index (κ3) is 4.93. The maximum atomic E-state index is 12.9. The van der Waals surface area contributed by atoms with Crippen molar-refractivity contribution in [3.05, 3.63) is 59.7 Å². The summed E-state index contributed by atoms with van der Waals surface area (Å²) in [7, 11) is 5.28. The molecule has 0 N–H and O–H groups in total. The zero-order valence-electron chi connectivity index (χ0n) is 16.8. The zero-order chi connectivity index (χ0) is 21.4. The van der Waals surface area contributed by atoms with E-state index in [0.29, 0.717) is 22.6 Å². The molecule has 7 nitrogen and oxygen atoms in total. The maximum Gasteiger partial charge on any atom is 0.320 e. The Bertz CT molecular complexity index is 845. The first kappa shape index (κ1) is 21.9. The van der Waals surface area contributed by atoms with Crippen LogP contribution < -0.4 is 9.47 Å². The fourth-order valence-corrected chi connectivity index (χ4v) is 3.23. The molecule has 0 aliphatic carbocycles. The number of benzene rings is 2. The van der Waals surface area contributed by atoms with Crippen LogP contribution in [0.4, 0.5) is 0 Å². The number of carbonyl (C=O) groups is 3. The fraction of sp³-hybridized carbons (Fsp3) is 0.318. The van der Waals surface area contributed by atoms with E-state index in [1.165, 1.54) is 28.4 Å². The van der Waals surface area contributed by atoms with Crippen molar-refractivity contribution >= 4 is 17.7 Å². The second-order valence-corrected chi connectivity index (χ2v) is 6.21.